The Morgan fingerprint density at radius 1 is 1.28 bits per heavy atom. The van der Waals surface area contributed by atoms with E-state index in [-0.39, 0.29) is 31.1 Å². The Labute approximate surface area is 144 Å². The highest BCUT2D eigenvalue weighted by Crippen LogP contribution is 2.29. The summed E-state index contributed by atoms with van der Waals surface area (Å²) in [5.41, 5.74) is 0.322. The van der Waals surface area contributed by atoms with E-state index in [0.29, 0.717) is 5.56 Å². The van der Waals surface area contributed by atoms with Crippen molar-refractivity contribution >= 4 is 10.0 Å². The van der Waals surface area contributed by atoms with Crippen LogP contribution in [0.2, 0.25) is 0 Å². The zero-order valence-corrected chi connectivity index (χ0v) is 14.7. The lowest BCUT2D eigenvalue weighted by Crippen LogP contribution is -2.33. The fraction of sp³-hybridized carbons (Fsp3) is 0.600. The van der Waals surface area contributed by atoms with Gasteiger partial charge in [0.1, 0.15) is 5.75 Å². The lowest BCUT2D eigenvalue weighted by molar-refractivity contribution is -0.275. The predicted molar refractivity (Wildman–Crippen MR) is 85.4 cm³/mol. The van der Waals surface area contributed by atoms with Crippen LogP contribution < -0.4 is 4.74 Å². The molecule has 1 aliphatic heterocycles. The number of hydrogen-bond donors (Lipinski definition) is 1. The number of β-amino-alcohol motifs (C(OH)–C–C–N with tert-alkyl or cyclic N) is 1. The molecule has 0 bridgehead atoms. The second-order valence-corrected chi connectivity index (χ2v) is 8.47. The molecule has 0 saturated carbocycles. The van der Waals surface area contributed by atoms with Crippen molar-refractivity contribution in [1.82, 2.24) is 9.21 Å². The van der Waals surface area contributed by atoms with Crippen molar-refractivity contribution in [2.75, 3.05) is 32.9 Å². The van der Waals surface area contributed by atoms with Gasteiger partial charge in [-0.25, -0.2) is 12.7 Å². The minimum absolute atomic E-state index is 0.127. The third-order valence-electron chi connectivity index (χ3n) is 4.06. The smallest absolute Gasteiger partial charge is 0.405 e. The second kappa shape index (κ2) is 7.48. The Morgan fingerprint density at radius 3 is 2.52 bits per heavy atom. The van der Waals surface area contributed by atoms with E-state index in [1.54, 1.807) is 11.0 Å². The van der Waals surface area contributed by atoms with Crippen molar-refractivity contribution in [3.05, 3.63) is 29.8 Å². The normalized spacial score (nSPS) is 22.5. The average molecular weight is 382 g/mol. The van der Waals surface area contributed by atoms with Crippen molar-refractivity contribution in [1.29, 1.82) is 0 Å². The summed E-state index contributed by atoms with van der Waals surface area (Å²) in [6, 6.07) is 5.77. The number of benzene rings is 1. The van der Waals surface area contributed by atoms with Gasteiger partial charge in [0.15, 0.2) is 0 Å². The van der Waals surface area contributed by atoms with E-state index in [9.17, 15) is 26.7 Å². The van der Waals surface area contributed by atoms with E-state index in [4.69, 9.17) is 0 Å². The van der Waals surface area contributed by atoms with Crippen molar-refractivity contribution < 1.29 is 31.4 Å². The molecule has 1 fully saturated rings. The van der Waals surface area contributed by atoms with Crippen molar-refractivity contribution in [3.8, 4) is 5.75 Å². The quantitative estimate of drug-likeness (QED) is 0.803. The van der Waals surface area contributed by atoms with E-state index in [1.165, 1.54) is 32.3 Å². The first-order valence-corrected chi connectivity index (χ1v) is 9.23. The summed E-state index contributed by atoms with van der Waals surface area (Å²) in [6.45, 7) is 0.588. The molecule has 0 aliphatic carbocycles. The van der Waals surface area contributed by atoms with Gasteiger partial charge in [0.2, 0.25) is 10.0 Å². The van der Waals surface area contributed by atoms with E-state index >= 15 is 0 Å². The number of sulfonamides is 1. The molecule has 0 spiro atoms. The molecule has 0 aromatic heterocycles. The summed E-state index contributed by atoms with van der Waals surface area (Å²) in [4.78, 5) is 1.72. The van der Waals surface area contributed by atoms with Gasteiger partial charge in [0.25, 0.3) is 0 Å². The van der Waals surface area contributed by atoms with Gasteiger partial charge in [-0.1, -0.05) is 18.2 Å². The van der Waals surface area contributed by atoms with Crippen LogP contribution in [0.25, 0.3) is 0 Å². The minimum atomic E-state index is -4.79. The van der Waals surface area contributed by atoms with Crippen LogP contribution in [-0.4, -0.2) is 68.1 Å². The van der Waals surface area contributed by atoms with Gasteiger partial charge >= 0.3 is 6.36 Å². The Morgan fingerprint density at radius 2 is 1.92 bits per heavy atom. The van der Waals surface area contributed by atoms with E-state index in [0.717, 1.165) is 4.31 Å². The highest BCUT2D eigenvalue weighted by atomic mass is 32.2. The Bertz CT molecular complexity index is 694. The number of ether oxygens (including phenoxy) is 1. The van der Waals surface area contributed by atoms with Crippen LogP contribution in [0.15, 0.2) is 24.3 Å². The summed E-state index contributed by atoms with van der Waals surface area (Å²) < 4.78 is 66.4. The van der Waals surface area contributed by atoms with Crippen LogP contribution in [0, 0.1) is 5.92 Å². The maximum absolute atomic E-state index is 12.5. The second-order valence-electron chi connectivity index (χ2n) is 6.24. The molecular weight excluding hydrogens is 361 g/mol. The number of likely N-dealkylation sites (tertiary alicyclic amines) is 1. The number of hydrogen-bond acceptors (Lipinski definition) is 5. The Kier molecular flexibility index (Phi) is 5.97. The highest BCUT2D eigenvalue weighted by Gasteiger charge is 2.36. The van der Waals surface area contributed by atoms with Crippen LogP contribution in [-0.2, 0) is 16.6 Å². The average Bonchev–Trinajstić information content (AvgIpc) is 2.78. The third kappa shape index (κ3) is 5.56. The SMILES string of the molecule is CN(C)S(=O)(=O)CC1CN(Cc2ccccc2OC(F)(F)F)CC1O. The Hall–Kier alpha value is -1.36. The Balaban J connectivity index is 2.06. The third-order valence-corrected chi connectivity index (χ3v) is 6.02. The molecule has 6 nitrogen and oxygen atoms in total. The molecule has 142 valence electrons. The molecule has 1 aromatic carbocycles. The van der Waals surface area contributed by atoms with Crippen LogP contribution in [0.1, 0.15) is 5.56 Å². The van der Waals surface area contributed by atoms with E-state index in [2.05, 4.69) is 4.74 Å². The zero-order valence-electron chi connectivity index (χ0n) is 13.9. The molecule has 1 N–H and O–H groups in total. The van der Waals surface area contributed by atoms with Crippen LogP contribution in [0.5, 0.6) is 5.75 Å². The van der Waals surface area contributed by atoms with Crippen LogP contribution in [0.4, 0.5) is 13.2 Å². The monoisotopic (exact) mass is 382 g/mol. The summed E-state index contributed by atoms with van der Waals surface area (Å²) in [7, 11) is -0.638. The fourth-order valence-corrected chi connectivity index (χ4v) is 3.92. The first-order valence-electron chi connectivity index (χ1n) is 7.62. The molecule has 1 aromatic rings. The van der Waals surface area contributed by atoms with E-state index < -0.39 is 28.4 Å². The predicted octanol–water partition coefficient (Wildman–Crippen LogP) is 1.27. The van der Waals surface area contributed by atoms with Gasteiger partial charge in [-0.2, -0.15) is 0 Å². The van der Waals surface area contributed by atoms with Gasteiger partial charge in [-0.3, -0.25) is 4.90 Å². The maximum atomic E-state index is 12.5. The highest BCUT2D eigenvalue weighted by molar-refractivity contribution is 7.89. The summed E-state index contributed by atoms with van der Waals surface area (Å²) >= 11 is 0. The first-order chi connectivity index (χ1) is 11.5. The number of rotatable bonds is 6. The molecule has 10 heteroatoms. The number of halogens is 3. The molecule has 1 heterocycles. The number of aliphatic hydroxyl groups excluding tert-OH is 1. The molecule has 2 unspecified atom stereocenters. The van der Waals surface area contributed by atoms with E-state index in [1.807, 2.05) is 0 Å². The summed E-state index contributed by atoms with van der Waals surface area (Å²) in [6.07, 6.45) is -5.64. The number of nitrogens with zero attached hydrogens (tertiary/aromatic N) is 2. The molecule has 2 atom stereocenters. The number of aliphatic hydroxyl groups is 1. The topological polar surface area (TPSA) is 70.1 Å². The summed E-state index contributed by atoms with van der Waals surface area (Å²) in [5, 5.41) is 10.1. The number of alkyl halides is 3. The van der Waals surface area contributed by atoms with Gasteiger partial charge in [0.05, 0.1) is 11.9 Å². The van der Waals surface area contributed by atoms with Crippen LogP contribution >= 0.6 is 0 Å². The first kappa shape index (κ1) is 20.0. The maximum Gasteiger partial charge on any atom is 0.573 e. The van der Waals surface area contributed by atoms with Gasteiger partial charge in [-0.15, -0.1) is 13.2 Å². The lowest BCUT2D eigenvalue weighted by Gasteiger charge is -2.19. The molecule has 0 amide bonds. The molecule has 1 aliphatic rings. The standard InChI is InChI=1S/C15H21F3N2O4S/c1-19(2)25(22,23)10-12-8-20(9-13(12)21)7-11-5-3-4-6-14(11)24-15(16,17)18/h3-6,12-13,21H,7-10H2,1-2H3. The lowest BCUT2D eigenvalue weighted by atomic mass is 10.1. The van der Waals surface area contributed by atoms with Crippen LogP contribution in [0.3, 0.4) is 0 Å². The largest absolute Gasteiger partial charge is 0.573 e. The van der Waals surface area contributed by atoms with Crippen molar-refractivity contribution in [2.24, 2.45) is 5.92 Å². The van der Waals surface area contributed by atoms with Gasteiger partial charge in [-0.05, 0) is 6.07 Å². The molecule has 0 radical (unpaired) electrons. The zero-order chi connectivity index (χ0) is 18.8. The van der Waals surface area contributed by atoms with Crippen molar-refractivity contribution in [2.45, 2.75) is 19.0 Å². The van der Waals surface area contributed by atoms with Gasteiger partial charge in [0, 0.05) is 45.2 Å². The van der Waals surface area contributed by atoms with Crippen molar-refractivity contribution in [3.63, 3.8) is 0 Å². The van der Waals surface area contributed by atoms with Gasteiger partial charge < -0.3 is 9.84 Å². The minimum Gasteiger partial charge on any atom is -0.405 e. The number of para-hydroxylation sites is 1. The molecular formula is C15H21F3N2O4S. The molecule has 25 heavy (non-hydrogen) atoms. The fourth-order valence-electron chi connectivity index (χ4n) is 2.75. The molecule has 1 saturated heterocycles. The summed E-state index contributed by atoms with van der Waals surface area (Å²) in [5.74, 6) is -1.00. The molecule has 2 rings (SSSR count).